The molecule has 1 fully saturated rings. The molecule has 1 aliphatic rings. The van der Waals surface area contributed by atoms with E-state index in [-0.39, 0.29) is 12.0 Å². The number of piperidine rings is 1. The number of amides is 1. The van der Waals surface area contributed by atoms with Gasteiger partial charge in [0.15, 0.2) is 0 Å². The third-order valence-electron chi connectivity index (χ3n) is 3.18. The van der Waals surface area contributed by atoms with Crippen molar-refractivity contribution in [1.29, 1.82) is 0 Å². The molecule has 2 atom stereocenters. The molecule has 0 aliphatic carbocycles. The van der Waals surface area contributed by atoms with Crippen molar-refractivity contribution in [2.75, 3.05) is 13.1 Å². The van der Waals surface area contributed by atoms with E-state index in [0.717, 1.165) is 31.5 Å². The van der Waals surface area contributed by atoms with E-state index >= 15 is 0 Å². The molecule has 1 heterocycles. The van der Waals surface area contributed by atoms with E-state index in [1.165, 1.54) is 0 Å². The van der Waals surface area contributed by atoms with Gasteiger partial charge in [-0.3, -0.25) is 0 Å². The molecular formula is C13H17ClN2O2. The van der Waals surface area contributed by atoms with Gasteiger partial charge in [-0.25, -0.2) is 4.79 Å². The summed E-state index contributed by atoms with van der Waals surface area (Å²) in [7, 11) is 0. The topological polar surface area (TPSA) is 64.4 Å². The van der Waals surface area contributed by atoms with Crippen LogP contribution in [0.2, 0.25) is 5.02 Å². The van der Waals surface area contributed by atoms with E-state index in [1.807, 2.05) is 18.2 Å². The Balaban J connectivity index is 2.20. The van der Waals surface area contributed by atoms with Crippen molar-refractivity contribution in [1.82, 2.24) is 5.32 Å². The molecule has 0 aromatic heterocycles. The SMILES string of the molecule is NC(=O)O[C@@H](c1cccc(Cl)c1)[C@@H]1CCCNC1. The van der Waals surface area contributed by atoms with E-state index in [0.29, 0.717) is 5.02 Å². The van der Waals surface area contributed by atoms with Gasteiger partial charge in [-0.15, -0.1) is 0 Å². The van der Waals surface area contributed by atoms with Gasteiger partial charge in [-0.05, 0) is 37.1 Å². The number of halogens is 1. The summed E-state index contributed by atoms with van der Waals surface area (Å²) in [5.41, 5.74) is 6.06. The van der Waals surface area contributed by atoms with Crippen molar-refractivity contribution < 1.29 is 9.53 Å². The number of carbonyl (C=O) groups excluding carboxylic acids is 1. The minimum atomic E-state index is -0.745. The summed E-state index contributed by atoms with van der Waals surface area (Å²) in [5.74, 6) is 0.240. The zero-order chi connectivity index (χ0) is 13.0. The van der Waals surface area contributed by atoms with Gasteiger partial charge >= 0.3 is 6.09 Å². The molecule has 1 aromatic carbocycles. The summed E-state index contributed by atoms with van der Waals surface area (Å²) in [4.78, 5) is 11.1. The molecule has 2 rings (SSSR count). The summed E-state index contributed by atoms with van der Waals surface area (Å²) in [6, 6.07) is 7.38. The third kappa shape index (κ3) is 3.37. The fourth-order valence-electron chi connectivity index (χ4n) is 2.38. The highest BCUT2D eigenvalue weighted by Crippen LogP contribution is 2.31. The Morgan fingerprint density at radius 3 is 3.00 bits per heavy atom. The highest BCUT2D eigenvalue weighted by molar-refractivity contribution is 6.30. The second-order valence-electron chi connectivity index (χ2n) is 4.52. The van der Waals surface area contributed by atoms with E-state index in [9.17, 15) is 4.79 Å². The summed E-state index contributed by atoms with van der Waals surface area (Å²) in [6.07, 6.45) is 1.01. The van der Waals surface area contributed by atoms with Gasteiger partial charge in [0, 0.05) is 17.5 Å². The number of hydrogen-bond donors (Lipinski definition) is 2. The van der Waals surface area contributed by atoms with E-state index in [1.54, 1.807) is 6.07 Å². The van der Waals surface area contributed by atoms with E-state index in [4.69, 9.17) is 22.1 Å². The molecule has 0 bridgehead atoms. The molecule has 1 aliphatic heterocycles. The lowest BCUT2D eigenvalue weighted by molar-refractivity contribution is 0.0583. The predicted octanol–water partition coefficient (Wildman–Crippen LogP) is 2.48. The molecule has 0 saturated carbocycles. The van der Waals surface area contributed by atoms with Crippen LogP contribution in [-0.4, -0.2) is 19.2 Å². The van der Waals surface area contributed by atoms with Crippen LogP contribution in [0.25, 0.3) is 0 Å². The van der Waals surface area contributed by atoms with Crippen LogP contribution in [-0.2, 0) is 4.74 Å². The number of primary amides is 1. The largest absolute Gasteiger partial charge is 0.441 e. The maximum absolute atomic E-state index is 11.1. The molecule has 0 unspecified atom stereocenters. The van der Waals surface area contributed by atoms with Crippen LogP contribution in [0.1, 0.15) is 24.5 Å². The highest BCUT2D eigenvalue weighted by Gasteiger charge is 2.27. The number of nitrogens with two attached hydrogens (primary N) is 1. The van der Waals surface area contributed by atoms with Crippen LogP contribution in [0.3, 0.4) is 0 Å². The number of carbonyl (C=O) groups is 1. The second-order valence-corrected chi connectivity index (χ2v) is 4.96. The van der Waals surface area contributed by atoms with Crippen LogP contribution in [0.5, 0.6) is 0 Å². The lowest BCUT2D eigenvalue weighted by atomic mass is 9.89. The van der Waals surface area contributed by atoms with Gasteiger partial charge in [0.2, 0.25) is 0 Å². The standard InChI is InChI=1S/C13H17ClN2O2/c14-11-5-1-3-9(7-11)12(18-13(15)17)10-4-2-6-16-8-10/h1,3,5,7,10,12,16H,2,4,6,8H2,(H2,15,17)/t10-,12+/m1/s1. The van der Waals surface area contributed by atoms with Gasteiger partial charge in [0.05, 0.1) is 0 Å². The lowest BCUT2D eigenvalue weighted by Gasteiger charge is -2.30. The maximum atomic E-state index is 11.1. The van der Waals surface area contributed by atoms with Crippen LogP contribution in [0.15, 0.2) is 24.3 Å². The van der Waals surface area contributed by atoms with Gasteiger partial charge in [0.1, 0.15) is 6.10 Å². The van der Waals surface area contributed by atoms with Crippen molar-refractivity contribution in [2.45, 2.75) is 18.9 Å². The normalized spacial score (nSPS) is 21.3. The van der Waals surface area contributed by atoms with Crippen molar-refractivity contribution in [2.24, 2.45) is 11.7 Å². The van der Waals surface area contributed by atoms with Crippen LogP contribution in [0, 0.1) is 5.92 Å². The first kappa shape index (κ1) is 13.2. The van der Waals surface area contributed by atoms with Crippen molar-refractivity contribution >= 4 is 17.7 Å². The number of ether oxygens (including phenoxy) is 1. The number of nitrogens with one attached hydrogen (secondary N) is 1. The summed E-state index contributed by atoms with van der Waals surface area (Å²) in [5, 5.41) is 3.94. The summed E-state index contributed by atoms with van der Waals surface area (Å²) in [6.45, 7) is 1.83. The Morgan fingerprint density at radius 2 is 2.39 bits per heavy atom. The Labute approximate surface area is 111 Å². The Bertz CT molecular complexity index is 419. The number of benzene rings is 1. The third-order valence-corrected chi connectivity index (χ3v) is 3.42. The van der Waals surface area contributed by atoms with Crippen molar-refractivity contribution in [3.63, 3.8) is 0 Å². The van der Waals surface area contributed by atoms with Crippen molar-refractivity contribution in [3.8, 4) is 0 Å². The molecule has 98 valence electrons. The monoisotopic (exact) mass is 268 g/mol. The number of hydrogen-bond acceptors (Lipinski definition) is 3. The lowest BCUT2D eigenvalue weighted by Crippen LogP contribution is -2.35. The predicted molar refractivity (Wildman–Crippen MR) is 70.5 cm³/mol. The van der Waals surface area contributed by atoms with Gasteiger partial charge < -0.3 is 15.8 Å². The zero-order valence-electron chi connectivity index (χ0n) is 10.1. The number of rotatable bonds is 3. The van der Waals surface area contributed by atoms with E-state index < -0.39 is 6.09 Å². The molecule has 18 heavy (non-hydrogen) atoms. The van der Waals surface area contributed by atoms with E-state index in [2.05, 4.69) is 5.32 Å². The second kappa shape index (κ2) is 6.07. The average molecular weight is 269 g/mol. The molecule has 4 nitrogen and oxygen atoms in total. The Kier molecular flexibility index (Phi) is 4.44. The zero-order valence-corrected chi connectivity index (χ0v) is 10.8. The van der Waals surface area contributed by atoms with Gasteiger partial charge in [-0.2, -0.15) is 0 Å². The Hall–Kier alpha value is -1.26. The summed E-state index contributed by atoms with van der Waals surface area (Å²) >= 11 is 5.98. The first-order valence-electron chi connectivity index (χ1n) is 6.09. The fraction of sp³-hybridized carbons (Fsp3) is 0.462. The molecule has 1 aromatic rings. The van der Waals surface area contributed by atoms with Crippen molar-refractivity contribution in [3.05, 3.63) is 34.9 Å². The molecule has 5 heteroatoms. The Morgan fingerprint density at radius 1 is 1.56 bits per heavy atom. The van der Waals surface area contributed by atoms with Crippen LogP contribution < -0.4 is 11.1 Å². The van der Waals surface area contributed by atoms with Gasteiger partial charge in [0.25, 0.3) is 0 Å². The molecule has 1 amide bonds. The maximum Gasteiger partial charge on any atom is 0.405 e. The van der Waals surface area contributed by atoms with Crippen LogP contribution in [0.4, 0.5) is 4.79 Å². The summed E-state index contributed by atoms with van der Waals surface area (Å²) < 4.78 is 5.27. The highest BCUT2D eigenvalue weighted by atomic mass is 35.5. The smallest absolute Gasteiger partial charge is 0.405 e. The molecular weight excluding hydrogens is 252 g/mol. The first-order valence-corrected chi connectivity index (χ1v) is 6.47. The minimum absolute atomic E-state index is 0.240. The molecule has 3 N–H and O–H groups in total. The molecule has 0 spiro atoms. The minimum Gasteiger partial charge on any atom is -0.441 e. The van der Waals surface area contributed by atoms with Crippen LogP contribution >= 0.6 is 11.6 Å². The molecule has 1 saturated heterocycles. The average Bonchev–Trinajstić information content (AvgIpc) is 2.37. The quantitative estimate of drug-likeness (QED) is 0.885. The first-order chi connectivity index (χ1) is 8.66. The fourth-order valence-corrected chi connectivity index (χ4v) is 2.58. The van der Waals surface area contributed by atoms with Gasteiger partial charge in [-0.1, -0.05) is 23.7 Å². The molecule has 0 radical (unpaired) electrons.